The summed E-state index contributed by atoms with van der Waals surface area (Å²) in [5.41, 5.74) is 2.17. The van der Waals surface area contributed by atoms with Crippen molar-refractivity contribution in [1.29, 1.82) is 0 Å². The second-order valence-corrected chi connectivity index (χ2v) is 8.39. The van der Waals surface area contributed by atoms with Crippen molar-refractivity contribution in [2.75, 3.05) is 18.4 Å². The highest BCUT2D eigenvalue weighted by molar-refractivity contribution is 5.53. The number of alkyl halides is 3. The molecule has 2 N–H and O–H groups in total. The zero-order valence-corrected chi connectivity index (χ0v) is 18.7. The summed E-state index contributed by atoms with van der Waals surface area (Å²) >= 11 is 0. The highest BCUT2D eigenvalue weighted by Gasteiger charge is 2.31. The van der Waals surface area contributed by atoms with Gasteiger partial charge in [0.25, 0.3) is 0 Å². The van der Waals surface area contributed by atoms with Crippen LogP contribution in [0.5, 0.6) is 11.8 Å². The van der Waals surface area contributed by atoms with Crippen LogP contribution >= 0.6 is 0 Å². The number of aromatic nitrogens is 4. The molecule has 0 unspecified atom stereocenters. The Morgan fingerprint density at radius 1 is 1.21 bits per heavy atom. The van der Waals surface area contributed by atoms with E-state index in [0.717, 1.165) is 31.5 Å². The van der Waals surface area contributed by atoms with Gasteiger partial charge in [-0.25, -0.2) is 0 Å². The zero-order chi connectivity index (χ0) is 23.6. The van der Waals surface area contributed by atoms with Crippen molar-refractivity contribution in [2.45, 2.75) is 58.0 Å². The first-order chi connectivity index (χ1) is 15.7. The predicted molar refractivity (Wildman–Crippen MR) is 117 cm³/mol. The molecule has 1 saturated heterocycles. The number of anilines is 1. The van der Waals surface area contributed by atoms with Gasteiger partial charge < -0.3 is 20.1 Å². The maximum Gasteiger partial charge on any atom is 0.573 e. The molecule has 4 rings (SSSR count). The van der Waals surface area contributed by atoms with E-state index in [1.165, 1.54) is 18.2 Å². The van der Waals surface area contributed by atoms with Crippen LogP contribution in [0.2, 0.25) is 0 Å². The number of hydrogen-bond acceptors (Lipinski definition) is 7. The van der Waals surface area contributed by atoms with Crippen LogP contribution in [-0.4, -0.2) is 45.1 Å². The summed E-state index contributed by atoms with van der Waals surface area (Å²) in [5.74, 6) is 0.292. The van der Waals surface area contributed by atoms with Crippen molar-refractivity contribution in [3.8, 4) is 11.8 Å². The van der Waals surface area contributed by atoms with Gasteiger partial charge in [0.1, 0.15) is 11.9 Å². The van der Waals surface area contributed by atoms with Crippen molar-refractivity contribution < 1.29 is 22.6 Å². The fourth-order valence-electron chi connectivity index (χ4n) is 3.76. The van der Waals surface area contributed by atoms with Crippen molar-refractivity contribution in [2.24, 2.45) is 0 Å². The van der Waals surface area contributed by atoms with E-state index >= 15 is 0 Å². The monoisotopic (exact) mass is 464 g/mol. The Kier molecular flexibility index (Phi) is 6.59. The number of rotatable bonds is 7. The van der Waals surface area contributed by atoms with Crippen LogP contribution < -0.4 is 20.1 Å². The highest BCUT2D eigenvalue weighted by Crippen LogP contribution is 2.28. The van der Waals surface area contributed by atoms with Gasteiger partial charge >= 0.3 is 12.4 Å². The lowest BCUT2D eigenvalue weighted by Gasteiger charge is -2.23. The number of nitrogens with zero attached hydrogens (tertiary/aromatic N) is 4. The first-order valence-corrected chi connectivity index (χ1v) is 10.9. The minimum atomic E-state index is -4.75. The summed E-state index contributed by atoms with van der Waals surface area (Å²) in [5, 5.41) is 11.0. The molecule has 3 heterocycles. The van der Waals surface area contributed by atoms with Crippen molar-refractivity contribution in [3.63, 3.8) is 0 Å². The number of fused-ring (bicyclic) bond motifs is 1. The molecular weight excluding hydrogens is 437 g/mol. The molecule has 0 saturated carbocycles. The summed E-state index contributed by atoms with van der Waals surface area (Å²) in [6.45, 7) is 7.59. The SMILES string of the molecule is CC(C)c1cnn2c(N[C@@H](C)c3cccc(OC(F)(F)F)c3)nc(O[C@@H]3CCCNC3)nc12. The molecule has 1 fully saturated rings. The Labute approximate surface area is 189 Å². The number of benzene rings is 1. The fourth-order valence-corrected chi connectivity index (χ4v) is 3.76. The molecule has 33 heavy (non-hydrogen) atoms. The third-order valence-corrected chi connectivity index (χ3v) is 5.46. The summed E-state index contributed by atoms with van der Waals surface area (Å²) in [4.78, 5) is 9.13. The van der Waals surface area contributed by atoms with Gasteiger partial charge in [-0.1, -0.05) is 26.0 Å². The average Bonchev–Trinajstić information content (AvgIpc) is 3.18. The maximum atomic E-state index is 12.6. The van der Waals surface area contributed by atoms with Gasteiger partial charge in [0, 0.05) is 12.1 Å². The van der Waals surface area contributed by atoms with Gasteiger partial charge in [-0.2, -0.15) is 19.6 Å². The van der Waals surface area contributed by atoms with Crippen LogP contribution in [-0.2, 0) is 0 Å². The molecule has 3 aromatic rings. The van der Waals surface area contributed by atoms with E-state index in [1.807, 2.05) is 20.8 Å². The molecule has 0 radical (unpaired) electrons. The van der Waals surface area contributed by atoms with Crippen molar-refractivity contribution in [3.05, 3.63) is 41.6 Å². The van der Waals surface area contributed by atoms with Crippen molar-refractivity contribution >= 4 is 11.6 Å². The molecule has 1 aliphatic rings. The lowest BCUT2D eigenvalue weighted by molar-refractivity contribution is -0.274. The highest BCUT2D eigenvalue weighted by atomic mass is 19.4. The van der Waals surface area contributed by atoms with Gasteiger partial charge in [0.15, 0.2) is 5.65 Å². The first kappa shape index (κ1) is 23.1. The van der Waals surface area contributed by atoms with Crippen LogP contribution in [0.25, 0.3) is 5.65 Å². The van der Waals surface area contributed by atoms with E-state index in [-0.39, 0.29) is 23.8 Å². The average molecular weight is 464 g/mol. The molecule has 0 amide bonds. The van der Waals surface area contributed by atoms with Gasteiger partial charge in [-0.05, 0) is 49.9 Å². The molecular formula is C22H27F3N6O2. The van der Waals surface area contributed by atoms with E-state index in [0.29, 0.717) is 17.2 Å². The predicted octanol–water partition coefficient (Wildman–Crippen LogP) is 4.45. The minimum absolute atomic E-state index is 0.0342. The second-order valence-electron chi connectivity index (χ2n) is 8.39. The Morgan fingerprint density at radius 2 is 2.03 bits per heavy atom. The molecule has 1 aromatic carbocycles. The van der Waals surface area contributed by atoms with E-state index in [9.17, 15) is 13.2 Å². The largest absolute Gasteiger partial charge is 0.573 e. The lowest BCUT2D eigenvalue weighted by atomic mass is 10.1. The molecule has 0 spiro atoms. The number of halogens is 3. The van der Waals surface area contributed by atoms with E-state index in [4.69, 9.17) is 4.74 Å². The molecule has 8 nitrogen and oxygen atoms in total. The summed E-state index contributed by atoms with van der Waals surface area (Å²) < 4.78 is 49.5. The summed E-state index contributed by atoms with van der Waals surface area (Å²) in [6, 6.07) is 5.68. The first-order valence-electron chi connectivity index (χ1n) is 10.9. The summed E-state index contributed by atoms with van der Waals surface area (Å²) in [6.07, 6.45) is -1.13. The van der Waals surface area contributed by atoms with Crippen LogP contribution in [0.1, 0.15) is 56.7 Å². The van der Waals surface area contributed by atoms with Crippen LogP contribution in [0.15, 0.2) is 30.5 Å². The zero-order valence-electron chi connectivity index (χ0n) is 18.7. The molecule has 1 aliphatic heterocycles. The normalized spacial score (nSPS) is 17.8. The van der Waals surface area contributed by atoms with Crippen LogP contribution in [0.3, 0.4) is 0 Å². The molecule has 11 heteroatoms. The van der Waals surface area contributed by atoms with Crippen LogP contribution in [0.4, 0.5) is 19.1 Å². The van der Waals surface area contributed by atoms with E-state index in [2.05, 4.69) is 30.4 Å². The van der Waals surface area contributed by atoms with Crippen molar-refractivity contribution in [1.82, 2.24) is 24.9 Å². The standard InChI is InChI=1S/C22H27F3N6O2/c1-13(2)18-12-27-31-19(18)29-21(32-17-8-5-9-26-11-17)30-20(31)28-14(3)15-6-4-7-16(10-15)33-22(23,24)25/h4,6-7,10,12-14,17,26H,5,8-9,11H2,1-3H3,(H,28,29,30)/t14-,17+/m0/s1. The van der Waals surface area contributed by atoms with E-state index < -0.39 is 12.4 Å². The lowest BCUT2D eigenvalue weighted by Crippen LogP contribution is -2.37. The number of nitrogens with one attached hydrogen (secondary N) is 2. The Hall–Kier alpha value is -3.08. The fraction of sp³-hybridized carbons (Fsp3) is 0.500. The summed E-state index contributed by atoms with van der Waals surface area (Å²) in [7, 11) is 0. The molecule has 2 aromatic heterocycles. The second kappa shape index (κ2) is 9.42. The topological polar surface area (TPSA) is 85.6 Å². The van der Waals surface area contributed by atoms with E-state index in [1.54, 1.807) is 16.8 Å². The van der Waals surface area contributed by atoms with Gasteiger partial charge in [-0.3, -0.25) is 0 Å². The molecule has 0 aliphatic carbocycles. The molecule has 2 atom stereocenters. The Morgan fingerprint density at radius 3 is 2.73 bits per heavy atom. The molecule has 178 valence electrons. The molecule has 0 bridgehead atoms. The third kappa shape index (κ3) is 5.65. The Bertz CT molecular complexity index is 1100. The van der Waals surface area contributed by atoms with Gasteiger partial charge in [-0.15, -0.1) is 13.2 Å². The Balaban J connectivity index is 1.64. The maximum absolute atomic E-state index is 12.6. The number of ether oxygens (including phenoxy) is 2. The quantitative estimate of drug-likeness (QED) is 0.534. The smallest absolute Gasteiger partial charge is 0.459 e. The number of hydrogen-bond donors (Lipinski definition) is 2. The van der Waals surface area contributed by atoms with Gasteiger partial charge in [0.05, 0.1) is 12.2 Å². The van der Waals surface area contributed by atoms with Crippen LogP contribution in [0, 0.1) is 0 Å². The van der Waals surface area contributed by atoms with Gasteiger partial charge in [0.2, 0.25) is 5.95 Å². The minimum Gasteiger partial charge on any atom is -0.459 e. The number of piperidine rings is 1. The third-order valence-electron chi connectivity index (χ3n) is 5.46.